The molecule has 2 heterocycles. The van der Waals surface area contributed by atoms with Crippen molar-refractivity contribution in [3.05, 3.63) is 0 Å². The summed E-state index contributed by atoms with van der Waals surface area (Å²) in [7, 11) is -2.47. The molecule has 0 bridgehead atoms. The molecule has 0 saturated carbocycles. The third kappa shape index (κ3) is 18.7. The second kappa shape index (κ2) is 23.1. The van der Waals surface area contributed by atoms with Crippen molar-refractivity contribution in [3.63, 3.8) is 0 Å². The molecule has 0 aromatic rings. The highest BCUT2D eigenvalue weighted by atomic mass is 31.2. The van der Waals surface area contributed by atoms with E-state index < -0.39 is 17.2 Å². The smallest absolute Gasteiger partial charge is 0.312 e. The van der Waals surface area contributed by atoms with Gasteiger partial charge in [0, 0.05) is 0 Å². The van der Waals surface area contributed by atoms with Gasteiger partial charge in [0.15, 0.2) is 0 Å². The summed E-state index contributed by atoms with van der Waals surface area (Å²) in [4.78, 5) is 0. The van der Waals surface area contributed by atoms with E-state index in [9.17, 15) is 0 Å². The molecule has 0 unspecified atom stereocenters. The van der Waals surface area contributed by atoms with Crippen molar-refractivity contribution in [2.45, 2.75) is 143 Å². The van der Waals surface area contributed by atoms with Gasteiger partial charge in [-0.2, -0.15) is 0 Å². The SMILES string of the molecule is CC(C)CCCCCCCCCCOP1OCC2(CO1)COP(OCCCCCCCCCCC(C)C)OC2. The molecule has 2 aliphatic rings. The number of hydrogen-bond donors (Lipinski definition) is 0. The van der Waals surface area contributed by atoms with Crippen LogP contribution in [0.3, 0.4) is 0 Å². The fourth-order valence-electron chi connectivity index (χ4n) is 4.94. The summed E-state index contributed by atoms with van der Waals surface area (Å²) in [5.41, 5.74) is -0.227. The standard InChI is InChI=1S/C31H62O6P2/c1-29(2)21-17-13-9-5-7-11-15-19-23-32-38-34-25-31(26-35-38)27-36-39(37-28-31)33-24-20-16-12-8-6-10-14-18-22-30(3)4/h29-30H,5-28H2,1-4H3. The zero-order chi connectivity index (χ0) is 28.0. The van der Waals surface area contributed by atoms with E-state index in [-0.39, 0.29) is 5.41 Å². The van der Waals surface area contributed by atoms with Gasteiger partial charge in [0.05, 0.1) is 45.1 Å². The largest absolute Gasteiger partial charge is 0.332 e. The van der Waals surface area contributed by atoms with Crippen LogP contribution in [0.4, 0.5) is 0 Å². The number of unbranched alkanes of at least 4 members (excludes halogenated alkanes) is 14. The fourth-order valence-corrected chi connectivity index (χ4v) is 7.46. The molecule has 0 aromatic heterocycles. The summed E-state index contributed by atoms with van der Waals surface area (Å²) < 4.78 is 35.4. The van der Waals surface area contributed by atoms with Crippen LogP contribution in [0.15, 0.2) is 0 Å². The average molecular weight is 593 g/mol. The molecule has 0 amide bonds. The third-order valence-corrected chi connectivity index (χ3v) is 9.80. The molecule has 2 saturated heterocycles. The first-order chi connectivity index (χ1) is 19.0. The van der Waals surface area contributed by atoms with Crippen LogP contribution in [0, 0.1) is 17.3 Å². The number of hydrogen-bond acceptors (Lipinski definition) is 6. The highest BCUT2D eigenvalue weighted by Crippen LogP contribution is 2.53. The van der Waals surface area contributed by atoms with E-state index in [0.29, 0.717) is 26.4 Å². The van der Waals surface area contributed by atoms with E-state index in [1.165, 1.54) is 103 Å². The van der Waals surface area contributed by atoms with E-state index in [1.54, 1.807) is 0 Å². The summed E-state index contributed by atoms with van der Waals surface area (Å²) in [6.07, 6.45) is 23.7. The van der Waals surface area contributed by atoms with Crippen LogP contribution < -0.4 is 0 Å². The Morgan fingerprint density at radius 1 is 0.462 bits per heavy atom. The molecule has 39 heavy (non-hydrogen) atoms. The van der Waals surface area contributed by atoms with E-state index in [4.69, 9.17) is 27.1 Å². The Bertz CT molecular complexity index is 498. The lowest BCUT2D eigenvalue weighted by Crippen LogP contribution is -2.44. The molecule has 0 radical (unpaired) electrons. The van der Waals surface area contributed by atoms with Gasteiger partial charge in [-0.25, -0.2) is 0 Å². The van der Waals surface area contributed by atoms with Gasteiger partial charge in [0.25, 0.3) is 0 Å². The Morgan fingerprint density at radius 2 is 0.744 bits per heavy atom. The molecule has 2 fully saturated rings. The van der Waals surface area contributed by atoms with Gasteiger partial charge in [-0.15, -0.1) is 0 Å². The van der Waals surface area contributed by atoms with E-state index >= 15 is 0 Å². The minimum absolute atomic E-state index is 0.227. The Morgan fingerprint density at radius 3 is 1.05 bits per heavy atom. The molecule has 0 atom stereocenters. The molecular weight excluding hydrogens is 530 g/mol. The second-order valence-electron chi connectivity index (χ2n) is 12.7. The molecule has 6 nitrogen and oxygen atoms in total. The Kier molecular flexibility index (Phi) is 21.2. The first kappa shape index (κ1) is 35.8. The van der Waals surface area contributed by atoms with Gasteiger partial charge in [-0.3, -0.25) is 0 Å². The summed E-state index contributed by atoms with van der Waals surface area (Å²) in [6.45, 7) is 13.0. The monoisotopic (exact) mass is 592 g/mol. The highest BCUT2D eigenvalue weighted by molar-refractivity contribution is 7.42. The number of rotatable bonds is 24. The summed E-state index contributed by atoms with van der Waals surface area (Å²) in [5, 5.41) is 0. The lowest BCUT2D eigenvalue weighted by Gasteiger charge is -2.41. The zero-order valence-corrected chi connectivity index (χ0v) is 27.8. The predicted molar refractivity (Wildman–Crippen MR) is 165 cm³/mol. The lowest BCUT2D eigenvalue weighted by atomic mass is 9.93. The minimum Gasteiger partial charge on any atom is -0.312 e. The van der Waals surface area contributed by atoms with Gasteiger partial charge < -0.3 is 27.1 Å². The second-order valence-corrected chi connectivity index (χ2v) is 15.2. The normalized spacial score (nSPS) is 23.8. The average Bonchev–Trinajstić information content (AvgIpc) is 2.92. The first-order valence-corrected chi connectivity index (χ1v) is 18.6. The van der Waals surface area contributed by atoms with Crippen molar-refractivity contribution in [1.29, 1.82) is 0 Å². The van der Waals surface area contributed by atoms with Gasteiger partial charge in [0.2, 0.25) is 0 Å². The van der Waals surface area contributed by atoms with Gasteiger partial charge in [-0.1, -0.05) is 130 Å². The maximum Gasteiger partial charge on any atom is 0.332 e. The van der Waals surface area contributed by atoms with Crippen molar-refractivity contribution < 1.29 is 27.1 Å². The molecule has 232 valence electrons. The maximum absolute atomic E-state index is 5.91. The summed E-state index contributed by atoms with van der Waals surface area (Å²) >= 11 is 0. The van der Waals surface area contributed by atoms with Gasteiger partial charge >= 0.3 is 17.2 Å². The van der Waals surface area contributed by atoms with Crippen LogP contribution in [0.1, 0.15) is 143 Å². The molecule has 0 aromatic carbocycles. The fraction of sp³-hybridized carbons (Fsp3) is 1.00. The minimum atomic E-state index is -1.24. The van der Waals surface area contributed by atoms with Crippen LogP contribution in [0.25, 0.3) is 0 Å². The third-order valence-electron chi connectivity index (χ3n) is 7.65. The molecule has 0 aliphatic carbocycles. The van der Waals surface area contributed by atoms with Gasteiger partial charge in [-0.05, 0) is 24.7 Å². The van der Waals surface area contributed by atoms with Crippen LogP contribution in [0.5, 0.6) is 0 Å². The van der Waals surface area contributed by atoms with E-state index in [2.05, 4.69) is 27.7 Å². The van der Waals surface area contributed by atoms with Crippen molar-refractivity contribution in [2.75, 3.05) is 39.6 Å². The quantitative estimate of drug-likeness (QED) is 0.0821. The van der Waals surface area contributed by atoms with Crippen molar-refractivity contribution >= 4 is 17.2 Å². The molecule has 0 N–H and O–H groups in total. The highest BCUT2D eigenvalue weighted by Gasteiger charge is 2.43. The van der Waals surface area contributed by atoms with Crippen LogP contribution in [-0.2, 0) is 27.1 Å². The topological polar surface area (TPSA) is 55.4 Å². The van der Waals surface area contributed by atoms with Crippen molar-refractivity contribution in [1.82, 2.24) is 0 Å². The van der Waals surface area contributed by atoms with Crippen LogP contribution >= 0.6 is 17.2 Å². The van der Waals surface area contributed by atoms with Crippen LogP contribution in [0.2, 0.25) is 0 Å². The van der Waals surface area contributed by atoms with Crippen LogP contribution in [-0.4, -0.2) is 39.6 Å². The van der Waals surface area contributed by atoms with Crippen molar-refractivity contribution in [3.8, 4) is 0 Å². The molecular formula is C31H62O6P2. The predicted octanol–water partition coefficient (Wildman–Crippen LogP) is 10.9. The van der Waals surface area contributed by atoms with E-state index in [0.717, 1.165) is 37.9 Å². The Labute approximate surface area is 244 Å². The lowest BCUT2D eigenvalue weighted by molar-refractivity contribution is -0.0761. The summed E-state index contributed by atoms with van der Waals surface area (Å²) in [6, 6.07) is 0. The molecule has 2 rings (SSSR count). The zero-order valence-electron chi connectivity index (χ0n) is 26.0. The first-order valence-electron chi connectivity index (χ1n) is 16.4. The van der Waals surface area contributed by atoms with Gasteiger partial charge in [0.1, 0.15) is 0 Å². The summed E-state index contributed by atoms with van der Waals surface area (Å²) in [5.74, 6) is 1.69. The Hall–Kier alpha value is 0.620. The van der Waals surface area contributed by atoms with E-state index in [1.807, 2.05) is 0 Å². The maximum atomic E-state index is 5.91. The molecule has 2 aliphatic heterocycles. The molecule has 8 heteroatoms. The Balaban J connectivity index is 1.35. The van der Waals surface area contributed by atoms with Crippen molar-refractivity contribution in [2.24, 2.45) is 17.3 Å². The molecule has 1 spiro atoms.